The number of hydrazine groups is 1. The lowest BCUT2D eigenvalue weighted by Crippen LogP contribution is -2.29. The highest BCUT2D eigenvalue weighted by Gasteiger charge is 2.16. The van der Waals surface area contributed by atoms with Crippen LogP contribution in [0.15, 0.2) is 6.33 Å². The SMILES string of the molecule is CCc1c(NN)ncnc1NC1CCOCC1. The minimum Gasteiger partial charge on any atom is -0.381 e. The molecule has 0 spiro atoms. The van der Waals surface area contributed by atoms with Crippen LogP contribution < -0.4 is 16.6 Å². The predicted octanol–water partition coefficient (Wildman–Crippen LogP) is 0.915. The summed E-state index contributed by atoms with van der Waals surface area (Å²) in [4.78, 5) is 8.40. The van der Waals surface area contributed by atoms with E-state index in [9.17, 15) is 0 Å². The maximum Gasteiger partial charge on any atom is 0.148 e. The van der Waals surface area contributed by atoms with Crippen LogP contribution in [0, 0.1) is 0 Å². The fourth-order valence-corrected chi connectivity index (χ4v) is 2.03. The second-order valence-corrected chi connectivity index (χ2v) is 4.08. The summed E-state index contributed by atoms with van der Waals surface area (Å²) in [6.45, 7) is 3.69. The van der Waals surface area contributed by atoms with Gasteiger partial charge in [0.05, 0.1) is 0 Å². The first-order valence-electron chi connectivity index (χ1n) is 6.00. The van der Waals surface area contributed by atoms with Crippen molar-refractivity contribution in [2.45, 2.75) is 32.2 Å². The Morgan fingerprint density at radius 2 is 2.06 bits per heavy atom. The molecule has 1 fully saturated rings. The van der Waals surface area contributed by atoms with Crippen molar-refractivity contribution in [1.29, 1.82) is 0 Å². The summed E-state index contributed by atoms with van der Waals surface area (Å²) in [7, 11) is 0. The van der Waals surface area contributed by atoms with Crippen molar-refractivity contribution in [1.82, 2.24) is 9.97 Å². The zero-order chi connectivity index (χ0) is 12.1. The van der Waals surface area contributed by atoms with Crippen LogP contribution in [0.2, 0.25) is 0 Å². The van der Waals surface area contributed by atoms with Gasteiger partial charge in [-0.25, -0.2) is 15.8 Å². The molecule has 1 saturated heterocycles. The van der Waals surface area contributed by atoms with E-state index in [-0.39, 0.29) is 0 Å². The monoisotopic (exact) mass is 237 g/mol. The lowest BCUT2D eigenvalue weighted by atomic mass is 10.1. The van der Waals surface area contributed by atoms with Crippen LogP contribution >= 0.6 is 0 Å². The van der Waals surface area contributed by atoms with Crippen molar-refractivity contribution < 1.29 is 4.74 Å². The Labute approximate surface area is 101 Å². The molecule has 1 aromatic heterocycles. The molecule has 6 nitrogen and oxygen atoms in total. The van der Waals surface area contributed by atoms with E-state index in [4.69, 9.17) is 10.6 Å². The summed E-state index contributed by atoms with van der Waals surface area (Å²) in [6.07, 6.45) is 4.39. The zero-order valence-electron chi connectivity index (χ0n) is 10.1. The molecule has 0 amide bonds. The fraction of sp³-hybridized carbons (Fsp3) is 0.636. The van der Waals surface area contributed by atoms with E-state index in [2.05, 4.69) is 27.6 Å². The van der Waals surface area contributed by atoms with Gasteiger partial charge in [0.1, 0.15) is 18.0 Å². The Morgan fingerprint density at radius 1 is 1.35 bits per heavy atom. The van der Waals surface area contributed by atoms with Gasteiger partial charge in [-0.1, -0.05) is 6.92 Å². The Balaban J connectivity index is 2.13. The van der Waals surface area contributed by atoms with E-state index >= 15 is 0 Å². The van der Waals surface area contributed by atoms with E-state index in [0.717, 1.165) is 43.9 Å². The zero-order valence-corrected chi connectivity index (χ0v) is 10.1. The molecule has 1 aliphatic heterocycles. The van der Waals surface area contributed by atoms with Gasteiger partial charge in [-0.05, 0) is 19.3 Å². The Hall–Kier alpha value is -1.40. The molecule has 0 aliphatic carbocycles. The molecule has 6 heteroatoms. The molecule has 2 heterocycles. The first kappa shape index (κ1) is 12.1. The topological polar surface area (TPSA) is 85.1 Å². The highest BCUT2D eigenvalue weighted by molar-refractivity contribution is 5.57. The summed E-state index contributed by atoms with van der Waals surface area (Å²) < 4.78 is 5.33. The minimum atomic E-state index is 0.426. The quantitative estimate of drug-likeness (QED) is 0.533. The van der Waals surface area contributed by atoms with E-state index < -0.39 is 0 Å². The number of nitrogens with one attached hydrogen (secondary N) is 2. The smallest absolute Gasteiger partial charge is 0.148 e. The summed E-state index contributed by atoms with van der Waals surface area (Å²) in [5, 5.41) is 3.45. The molecule has 0 atom stereocenters. The normalized spacial score (nSPS) is 16.8. The van der Waals surface area contributed by atoms with E-state index in [1.165, 1.54) is 6.33 Å². The summed E-state index contributed by atoms with van der Waals surface area (Å²) in [5.74, 6) is 7.01. The molecular weight excluding hydrogens is 218 g/mol. The van der Waals surface area contributed by atoms with Crippen molar-refractivity contribution in [3.63, 3.8) is 0 Å². The van der Waals surface area contributed by atoms with Crippen LogP contribution in [0.1, 0.15) is 25.3 Å². The predicted molar refractivity (Wildman–Crippen MR) is 66.7 cm³/mol. The Bertz CT molecular complexity index is 365. The first-order chi connectivity index (χ1) is 8.35. The van der Waals surface area contributed by atoms with E-state index in [1.54, 1.807) is 0 Å². The van der Waals surface area contributed by atoms with Crippen molar-refractivity contribution >= 4 is 11.6 Å². The third-order valence-electron chi connectivity index (χ3n) is 3.00. The van der Waals surface area contributed by atoms with Gasteiger partial charge in [0.25, 0.3) is 0 Å². The van der Waals surface area contributed by atoms with Gasteiger partial charge in [-0.15, -0.1) is 0 Å². The number of hydrogen-bond donors (Lipinski definition) is 3. The number of ether oxygens (including phenoxy) is 1. The van der Waals surface area contributed by atoms with Crippen LogP contribution in [0.4, 0.5) is 11.6 Å². The van der Waals surface area contributed by atoms with Crippen molar-refractivity contribution in [3.8, 4) is 0 Å². The van der Waals surface area contributed by atoms with Gasteiger partial charge in [0, 0.05) is 24.8 Å². The number of nitrogens with zero attached hydrogens (tertiary/aromatic N) is 2. The van der Waals surface area contributed by atoms with Gasteiger partial charge in [0.2, 0.25) is 0 Å². The van der Waals surface area contributed by atoms with Gasteiger partial charge in [-0.3, -0.25) is 0 Å². The molecule has 0 saturated carbocycles. The van der Waals surface area contributed by atoms with Crippen molar-refractivity contribution in [2.75, 3.05) is 24.0 Å². The minimum absolute atomic E-state index is 0.426. The summed E-state index contributed by atoms with van der Waals surface area (Å²) >= 11 is 0. The molecule has 0 aromatic carbocycles. The van der Waals surface area contributed by atoms with Gasteiger partial charge in [-0.2, -0.15) is 0 Å². The van der Waals surface area contributed by atoms with Gasteiger partial charge >= 0.3 is 0 Å². The van der Waals surface area contributed by atoms with Gasteiger partial charge < -0.3 is 15.5 Å². The number of rotatable bonds is 4. The summed E-state index contributed by atoms with van der Waals surface area (Å²) in [5.41, 5.74) is 3.64. The molecule has 94 valence electrons. The average Bonchev–Trinajstić information content (AvgIpc) is 2.39. The molecule has 1 aromatic rings. The number of hydrogen-bond acceptors (Lipinski definition) is 6. The largest absolute Gasteiger partial charge is 0.381 e. The van der Waals surface area contributed by atoms with Crippen LogP contribution in [-0.4, -0.2) is 29.2 Å². The number of anilines is 2. The lowest BCUT2D eigenvalue weighted by molar-refractivity contribution is 0.0903. The molecule has 0 unspecified atom stereocenters. The molecule has 17 heavy (non-hydrogen) atoms. The molecule has 4 N–H and O–H groups in total. The fourth-order valence-electron chi connectivity index (χ4n) is 2.03. The molecule has 0 bridgehead atoms. The van der Waals surface area contributed by atoms with Crippen molar-refractivity contribution in [2.24, 2.45) is 5.84 Å². The van der Waals surface area contributed by atoms with E-state index in [0.29, 0.717) is 11.9 Å². The molecule has 2 rings (SSSR count). The highest BCUT2D eigenvalue weighted by Crippen LogP contribution is 2.22. The molecule has 0 radical (unpaired) electrons. The van der Waals surface area contributed by atoms with Crippen LogP contribution in [0.3, 0.4) is 0 Å². The Morgan fingerprint density at radius 3 is 2.71 bits per heavy atom. The second kappa shape index (κ2) is 5.79. The van der Waals surface area contributed by atoms with Crippen molar-refractivity contribution in [3.05, 3.63) is 11.9 Å². The van der Waals surface area contributed by atoms with E-state index in [1.807, 2.05) is 0 Å². The van der Waals surface area contributed by atoms with Crippen LogP contribution in [0.25, 0.3) is 0 Å². The third kappa shape index (κ3) is 2.83. The van der Waals surface area contributed by atoms with Gasteiger partial charge in [0.15, 0.2) is 0 Å². The molecule has 1 aliphatic rings. The Kier molecular flexibility index (Phi) is 4.11. The average molecular weight is 237 g/mol. The first-order valence-corrected chi connectivity index (χ1v) is 6.00. The standard InChI is InChI=1S/C11H19N5O/c1-2-9-10(13-7-14-11(9)16-12)15-8-3-5-17-6-4-8/h7-8H,2-6,12H2,1H3,(H2,13,14,15,16). The number of aromatic nitrogens is 2. The van der Waals surface area contributed by atoms with Crippen LogP contribution in [0.5, 0.6) is 0 Å². The molecular formula is C11H19N5O. The number of nitrogens with two attached hydrogens (primary N) is 1. The highest BCUT2D eigenvalue weighted by atomic mass is 16.5. The maximum absolute atomic E-state index is 5.44. The number of nitrogen functional groups attached to an aromatic ring is 1. The maximum atomic E-state index is 5.44. The summed E-state index contributed by atoms with van der Waals surface area (Å²) in [6, 6.07) is 0.426. The second-order valence-electron chi connectivity index (χ2n) is 4.08. The third-order valence-corrected chi connectivity index (χ3v) is 3.00. The lowest BCUT2D eigenvalue weighted by Gasteiger charge is -2.24. The van der Waals surface area contributed by atoms with Crippen LogP contribution in [-0.2, 0) is 11.2 Å².